The molecule has 1 heterocycles. The average molecular weight is 276 g/mol. The summed E-state index contributed by atoms with van der Waals surface area (Å²) < 4.78 is 2.07. The summed E-state index contributed by atoms with van der Waals surface area (Å²) in [6.07, 6.45) is 4.54. The first-order valence-corrected chi connectivity index (χ1v) is 7.21. The molecular weight excluding hydrogens is 258 g/mol. The fourth-order valence-corrected chi connectivity index (χ4v) is 2.49. The second kappa shape index (κ2) is 5.35. The highest BCUT2D eigenvalue weighted by molar-refractivity contribution is 6.30. The van der Waals surface area contributed by atoms with Gasteiger partial charge in [0.25, 0.3) is 0 Å². The molecule has 0 aliphatic heterocycles. The van der Waals surface area contributed by atoms with Crippen LogP contribution in [0.3, 0.4) is 0 Å². The molecule has 0 unspecified atom stereocenters. The summed E-state index contributed by atoms with van der Waals surface area (Å²) in [5.41, 5.74) is 3.77. The van der Waals surface area contributed by atoms with E-state index in [0.717, 1.165) is 23.8 Å². The molecule has 1 saturated carbocycles. The molecule has 2 aromatic rings. The van der Waals surface area contributed by atoms with Crippen molar-refractivity contribution in [1.29, 1.82) is 0 Å². The number of hydrogen-bond acceptors (Lipinski definition) is 2. The van der Waals surface area contributed by atoms with E-state index in [2.05, 4.69) is 22.0 Å². The van der Waals surface area contributed by atoms with E-state index in [1.807, 2.05) is 30.5 Å². The zero-order valence-corrected chi connectivity index (χ0v) is 11.8. The lowest BCUT2D eigenvalue weighted by molar-refractivity contribution is 0.714. The molecule has 0 spiro atoms. The molecule has 0 amide bonds. The Morgan fingerprint density at radius 2 is 2.05 bits per heavy atom. The Hall–Kier alpha value is -1.32. The third-order valence-corrected chi connectivity index (χ3v) is 3.74. The number of aromatic nitrogens is 2. The van der Waals surface area contributed by atoms with Crippen molar-refractivity contribution in [1.82, 2.24) is 15.1 Å². The number of halogens is 1. The molecule has 19 heavy (non-hydrogen) atoms. The molecule has 1 aromatic heterocycles. The summed E-state index contributed by atoms with van der Waals surface area (Å²) in [6, 6.07) is 7.88. The van der Waals surface area contributed by atoms with Gasteiger partial charge in [-0.3, -0.25) is 0 Å². The van der Waals surface area contributed by atoms with Gasteiger partial charge in [0.1, 0.15) is 0 Å². The minimum absolute atomic E-state index is 0.673. The summed E-state index contributed by atoms with van der Waals surface area (Å²) in [4.78, 5) is 0. The van der Waals surface area contributed by atoms with Crippen LogP contribution in [0, 0.1) is 0 Å². The van der Waals surface area contributed by atoms with Gasteiger partial charge < -0.3 is 5.32 Å². The zero-order chi connectivity index (χ0) is 13.2. The fourth-order valence-electron chi connectivity index (χ4n) is 2.37. The highest BCUT2D eigenvalue weighted by Crippen LogP contribution is 2.42. The van der Waals surface area contributed by atoms with Crippen LogP contribution in [0.2, 0.25) is 5.02 Å². The third-order valence-electron chi connectivity index (χ3n) is 3.49. The van der Waals surface area contributed by atoms with Crippen LogP contribution in [0.5, 0.6) is 0 Å². The molecule has 0 radical (unpaired) electrons. The van der Waals surface area contributed by atoms with Gasteiger partial charge in [-0.15, -0.1) is 0 Å². The highest BCUT2D eigenvalue weighted by Gasteiger charge is 2.30. The first kappa shape index (κ1) is 12.7. The van der Waals surface area contributed by atoms with Gasteiger partial charge >= 0.3 is 0 Å². The molecule has 3 nitrogen and oxygen atoms in total. The zero-order valence-electron chi connectivity index (χ0n) is 11.1. The molecule has 100 valence electrons. The van der Waals surface area contributed by atoms with Crippen molar-refractivity contribution >= 4 is 11.6 Å². The van der Waals surface area contributed by atoms with Crippen LogP contribution in [0.1, 0.15) is 36.9 Å². The van der Waals surface area contributed by atoms with Gasteiger partial charge in [-0.05, 0) is 43.7 Å². The normalized spacial score (nSPS) is 14.8. The predicted octanol–water partition coefficient (Wildman–Crippen LogP) is 3.51. The van der Waals surface area contributed by atoms with Crippen molar-refractivity contribution in [2.45, 2.75) is 32.2 Å². The van der Waals surface area contributed by atoms with Crippen molar-refractivity contribution in [3.63, 3.8) is 0 Å². The SMILES string of the molecule is CCNCc1cnn(-c2ccc(Cl)cc2)c1C1CC1. The minimum atomic E-state index is 0.673. The van der Waals surface area contributed by atoms with Crippen molar-refractivity contribution in [3.8, 4) is 5.69 Å². The van der Waals surface area contributed by atoms with Crippen LogP contribution >= 0.6 is 11.6 Å². The number of benzene rings is 1. The number of hydrogen-bond donors (Lipinski definition) is 1. The Morgan fingerprint density at radius 3 is 2.68 bits per heavy atom. The van der Waals surface area contributed by atoms with Gasteiger partial charge in [0.05, 0.1) is 17.6 Å². The van der Waals surface area contributed by atoms with Crippen LogP contribution in [-0.4, -0.2) is 16.3 Å². The second-order valence-electron chi connectivity index (χ2n) is 5.00. The predicted molar refractivity (Wildman–Crippen MR) is 77.9 cm³/mol. The molecule has 1 aliphatic rings. The summed E-state index contributed by atoms with van der Waals surface area (Å²) >= 11 is 5.95. The summed E-state index contributed by atoms with van der Waals surface area (Å²) in [6.45, 7) is 4.01. The lowest BCUT2D eigenvalue weighted by Gasteiger charge is -2.09. The smallest absolute Gasteiger partial charge is 0.0650 e. The van der Waals surface area contributed by atoms with E-state index in [1.165, 1.54) is 24.1 Å². The standard InChI is InChI=1S/C15H18ClN3/c1-2-17-9-12-10-18-19(15(12)11-3-4-11)14-7-5-13(16)6-8-14/h5-8,10-11,17H,2-4,9H2,1H3. The Balaban J connectivity index is 1.96. The van der Waals surface area contributed by atoms with Crippen LogP contribution in [0.4, 0.5) is 0 Å². The van der Waals surface area contributed by atoms with E-state index >= 15 is 0 Å². The number of nitrogens with zero attached hydrogens (tertiary/aromatic N) is 2. The third kappa shape index (κ3) is 2.67. The van der Waals surface area contributed by atoms with Crippen LogP contribution < -0.4 is 5.32 Å². The van der Waals surface area contributed by atoms with Gasteiger partial charge in [0.15, 0.2) is 0 Å². The highest BCUT2D eigenvalue weighted by atomic mass is 35.5. The molecule has 1 N–H and O–H groups in total. The maximum atomic E-state index is 5.95. The summed E-state index contributed by atoms with van der Waals surface area (Å²) in [5.74, 6) is 0.673. The summed E-state index contributed by atoms with van der Waals surface area (Å²) in [5, 5.41) is 8.71. The summed E-state index contributed by atoms with van der Waals surface area (Å²) in [7, 11) is 0. The Bertz CT molecular complexity index is 555. The molecule has 0 saturated heterocycles. The van der Waals surface area contributed by atoms with Gasteiger partial charge in [-0.25, -0.2) is 4.68 Å². The average Bonchev–Trinajstić information content (AvgIpc) is 3.18. The molecule has 4 heteroatoms. The van der Waals surface area contributed by atoms with E-state index in [-0.39, 0.29) is 0 Å². The van der Waals surface area contributed by atoms with E-state index in [1.54, 1.807) is 0 Å². The molecule has 0 atom stereocenters. The Kier molecular flexibility index (Phi) is 3.58. The van der Waals surface area contributed by atoms with Gasteiger partial charge in [-0.1, -0.05) is 18.5 Å². The molecule has 1 aromatic carbocycles. The lowest BCUT2D eigenvalue weighted by Crippen LogP contribution is -2.13. The molecular formula is C15H18ClN3. The van der Waals surface area contributed by atoms with Gasteiger partial charge in [-0.2, -0.15) is 5.10 Å². The van der Waals surface area contributed by atoms with Crippen molar-refractivity contribution in [2.75, 3.05) is 6.54 Å². The van der Waals surface area contributed by atoms with E-state index in [0.29, 0.717) is 5.92 Å². The van der Waals surface area contributed by atoms with Crippen molar-refractivity contribution in [3.05, 3.63) is 46.7 Å². The maximum Gasteiger partial charge on any atom is 0.0650 e. The van der Waals surface area contributed by atoms with Crippen molar-refractivity contribution in [2.24, 2.45) is 0 Å². The van der Waals surface area contributed by atoms with Crippen LogP contribution in [0.25, 0.3) is 5.69 Å². The lowest BCUT2D eigenvalue weighted by atomic mass is 10.1. The van der Waals surface area contributed by atoms with E-state index in [9.17, 15) is 0 Å². The monoisotopic (exact) mass is 275 g/mol. The molecule has 1 fully saturated rings. The van der Waals surface area contributed by atoms with Crippen LogP contribution in [-0.2, 0) is 6.54 Å². The van der Waals surface area contributed by atoms with E-state index < -0.39 is 0 Å². The quantitative estimate of drug-likeness (QED) is 0.905. The molecule has 1 aliphatic carbocycles. The first-order valence-electron chi connectivity index (χ1n) is 6.83. The number of rotatable bonds is 5. The van der Waals surface area contributed by atoms with Gasteiger partial charge in [0.2, 0.25) is 0 Å². The largest absolute Gasteiger partial charge is 0.313 e. The second-order valence-corrected chi connectivity index (χ2v) is 5.43. The van der Waals surface area contributed by atoms with E-state index in [4.69, 9.17) is 11.6 Å². The molecule has 0 bridgehead atoms. The fraction of sp³-hybridized carbons (Fsp3) is 0.400. The molecule has 3 rings (SSSR count). The Labute approximate surface area is 118 Å². The Morgan fingerprint density at radius 1 is 1.32 bits per heavy atom. The minimum Gasteiger partial charge on any atom is -0.313 e. The topological polar surface area (TPSA) is 29.9 Å². The number of nitrogens with one attached hydrogen (secondary N) is 1. The maximum absolute atomic E-state index is 5.95. The van der Waals surface area contributed by atoms with Gasteiger partial charge in [0, 0.05) is 23.0 Å². The van der Waals surface area contributed by atoms with Crippen LogP contribution in [0.15, 0.2) is 30.5 Å². The first-order chi connectivity index (χ1) is 9.29. The van der Waals surface area contributed by atoms with Crippen molar-refractivity contribution < 1.29 is 0 Å².